The van der Waals surface area contributed by atoms with E-state index in [9.17, 15) is 14.0 Å². The van der Waals surface area contributed by atoms with E-state index in [0.717, 1.165) is 16.7 Å². The van der Waals surface area contributed by atoms with Gasteiger partial charge in [0, 0.05) is 17.5 Å². The minimum atomic E-state index is -0.718. The van der Waals surface area contributed by atoms with Crippen LogP contribution in [0, 0.1) is 26.2 Å². The highest BCUT2D eigenvalue weighted by molar-refractivity contribution is 5.94. The van der Waals surface area contributed by atoms with Crippen molar-refractivity contribution in [3.8, 4) is 12.3 Å². The van der Waals surface area contributed by atoms with Gasteiger partial charge in [0.1, 0.15) is 28.5 Å². The van der Waals surface area contributed by atoms with E-state index in [1.54, 1.807) is 52.0 Å². The Morgan fingerprint density at radius 2 is 1.95 bits per heavy atom. The maximum absolute atomic E-state index is 13.6. The molecule has 0 amide bonds. The zero-order chi connectivity index (χ0) is 27.8. The Hall–Kier alpha value is -4.18. The molecule has 7 heteroatoms. The molecule has 0 spiro atoms. The number of anilines is 1. The standard InChI is InChI=1S/C31H31FN2O4/c1-8-22-13-14-25(26(34-22)30(36)38-31(5,6)7)33-19(4)23-15-17(2)16-24-27(35)18(3)28(37-29(23)24)20-9-11-21(32)12-10-20/h1,9,11,13-16,19,33H,10,12H2,2-7H3/t19-/m1/s1. The Morgan fingerprint density at radius 1 is 1.21 bits per heavy atom. The maximum atomic E-state index is 13.6. The number of rotatable bonds is 5. The summed E-state index contributed by atoms with van der Waals surface area (Å²) >= 11 is 0. The first-order chi connectivity index (χ1) is 17.9. The van der Waals surface area contributed by atoms with Gasteiger partial charge in [-0.25, -0.2) is 14.2 Å². The molecule has 3 aromatic rings. The van der Waals surface area contributed by atoms with Crippen LogP contribution in [0.5, 0.6) is 0 Å². The van der Waals surface area contributed by atoms with Crippen LogP contribution in [0.1, 0.15) is 85.2 Å². The van der Waals surface area contributed by atoms with Gasteiger partial charge in [0.05, 0.1) is 17.1 Å². The molecule has 38 heavy (non-hydrogen) atoms. The molecule has 1 N–H and O–H groups in total. The van der Waals surface area contributed by atoms with Crippen molar-refractivity contribution >= 4 is 28.2 Å². The Bertz CT molecular complexity index is 1600. The van der Waals surface area contributed by atoms with Crippen molar-refractivity contribution in [2.24, 2.45) is 0 Å². The van der Waals surface area contributed by atoms with E-state index in [1.165, 1.54) is 6.08 Å². The van der Waals surface area contributed by atoms with Crippen LogP contribution in [0.4, 0.5) is 10.1 Å². The molecule has 1 aromatic carbocycles. The Kier molecular flexibility index (Phi) is 7.28. The smallest absolute Gasteiger partial charge is 0.359 e. The minimum Gasteiger partial charge on any atom is -0.456 e. The van der Waals surface area contributed by atoms with Crippen molar-refractivity contribution in [1.29, 1.82) is 0 Å². The predicted octanol–water partition coefficient (Wildman–Crippen LogP) is 6.95. The minimum absolute atomic E-state index is 0.0679. The average Bonchev–Trinajstić information content (AvgIpc) is 2.85. The van der Waals surface area contributed by atoms with Gasteiger partial charge in [0.2, 0.25) is 0 Å². The summed E-state index contributed by atoms with van der Waals surface area (Å²) in [4.78, 5) is 30.7. The highest BCUT2D eigenvalue weighted by Gasteiger charge is 2.25. The van der Waals surface area contributed by atoms with Crippen molar-refractivity contribution in [2.75, 3.05) is 5.32 Å². The van der Waals surface area contributed by atoms with Crippen LogP contribution in [-0.2, 0) is 4.74 Å². The summed E-state index contributed by atoms with van der Waals surface area (Å²) in [5.41, 5.74) is 3.27. The number of halogens is 1. The van der Waals surface area contributed by atoms with E-state index in [2.05, 4.69) is 16.2 Å². The van der Waals surface area contributed by atoms with Gasteiger partial charge >= 0.3 is 5.97 Å². The lowest BCUT2D eigenvalue weighted by Gasteiger charge is -2.22. The predicted molar refractivity (Wildman–Crippen MR) is 148 cm³/mol. The second kappa shape index (κ2) is 10.3. The summed E-state index contributed by atoms with van der Waals surface area (Å²) in [6, 6.07) is 6.68. The van der Waals surface area contributed by atoms with Crippen LogP contribution in [-0.4, -0.2) is 16.6 Å². The number of fused-ring (bicyclic) bond motifs is 1. The van der Waals surface area contributed by atoms with Crippen molar-refractivity contribution in [2.45, 2.75) is 66.0 Å². The summed E-state index contributed by atoms with van der Waals surface area (Å²) < 4.78 is 25.6. The van der Waals surface area contributed by atoms with Gasteiger partial charge in [-0.1, -0.05) is 18.1 Å². The van der Waals surface area contributed by atoms with E-state index >= 15 is 0 Å². The van der Waals surface area contributed by atoms with Crippen LogP contribution in [0.3, 0.4) is 0 Å². The molecular formula is C31H31FN2O4. The third-order valence-corrected chi connectivity index (χ3v) is 6.26. The molecule has 1 atom stereocenters. The number of pyridine rings is 1. The summed E-state index contributed by atoms with van der Waals surface area (Å²) in [7, 11) is 0. The molecule has 0 bridgehead atoms. The van der Waals surface area contributed by atoms with E-state index in [-0.39, 0.29) is 23.4 Å². The zero-order valence-electron chi connectivity index (χ0n) is 22.5. The molecule has 1 aliphatic rings. The molecule has 0 saturated carbocycles. The lowest BCUT2D eigenvalue weighted by molar-refractivity contribution is 0.00639. The molecule has 6 nitrogen and oxygen atoms in total. The number of benzene rings is 1. The molecule has 2 heterocycles. The van der Waals surface area contributed by atoms with Crippen molar-refractivity contribution in [3.05, 3.63) is 86.3 Å². The fourth-order valence-electron chi connectivity index (χ4n) is 4.45. The van der Waals surface area contributed by atoms with Crippen molar-refractivity contribution in [3.63, 3.8) is 0 Å². The number of allylic oxidation sites excluding steroid dienone is 4. The van der Waals surface area contributed by atoms with E-state index in [1.807, 2.05) is 19.9 Å². The highest BCUT2D eigenvalue weighted by atomic mass is 19.1. The van der Waals surface area contributed by atoms with Gasteiger partial charge in [0.15, 0.2) is 11.1 Å². The molecule has 1 aliphatic carbocycles. The number of hydrogen-bond acceptors (Lipinski definition) is 6. The normalized spacial score (nSPS) is 14.4. The molecule has 196 valence electrons. The third-order valence-electron chi connectivity index (χ3n) is 6.26. The number of carbonyl (C=O) groups excluding carboxylic acids is 1. The molecule has 0 aliphatic heterocycles. The van der Waals surface area contributed by atoms with Gasteiger partial charge in [-0.3, -0.25) is 4.79 Å². The first-order valence-electron chi connectivity index (χ1n) is 12.5. The summed E-state index contributed by atoms with van der Waals surface area (Å²) in [6.45, 7) is 10.9. The van der Waals surface area contributed by atoms with E-state index < -0.39 is 17.6 Å². The van der Waals surface area contributed by atoms with Gasteiger partial charge in [-0.15, -0.1) is 6.42 Å². The number of carbonyl (C=O) groups is 1. The summed E-state index contributed by atoms with van der Waals surface area (Å²) in [5, 5.41) is 3.79. The van der Waals surface area contributed by atoms with Crippen LogP contribution >= 0.6 is 0 Å². The van der Waals surface area contributed by atoms with Crippen LogP contribution in [0.25, 0.3) is 16.5 Å². The van der Waals surface area contributed by atoms with Gasteiger partial charge in [-0.2, -0.15) is 0 Å². The highest BCUT2D eigenvalue weighted by Crippen LogP contribution is 2.34. The number of nitrogens with zero attached hydrogens (tertiary/aromatic N) is 1. The lowest BCUT2D eigenvalue weighted by Crippen LogP contribution is -2.25. The van der Waals surface area contributed by atoms with Gasteiger partial charge in [0.25, 0.3) is 0 Å². The molecule has 4 rings (SSSR count). The fourth-order valence-corrected chi connectivity index (χ4v) is 4.45. The largest absolute Gasteiger partial charge is 0.456 e. The quantitative estimate of drug-likeness (QED) is 0.293. The molecule has 0 radical (unpaired) electrons. The number of nitrogens with one attached hydrogen (secondary N) is 1. The second-order valence-electron chi connectivity index (χ2n) is 10.5. The maximum Gasteiger partial charge on any atom is 0.359 e. The first kappa shape index (κ1) is 26.9. The molecule has 2 aromatic heterocycles. The van der Waals surface area contributed by atoms with E-state index in [4.69, 9.17) is 15.6 Å². The van der Waals surface area contributed by atoms with Gasteiger partial charge in [-0.05, 0) is 83.4 Å². The fraction of sp³-hybridized carbons (Fsp3) is 0.323. The van der Waals surface area contributed by atoms with Crippen molar-refractivity contribution < 1.29 is 18.3 Å². The number of ether oxygens (including phenoxy) is 1. The number of aromatic nitrogens is 1. The monoisotopic (exact) mass is 514 g/mol. The number of aryl methyl sites for hydroxylation is 1. The van der Waals surface area contributed by atoms with Crippen molar-refractivity contribution in [1.82, 2.24) is 4.98 Å². The summed E-state index contributed by atoms with van der Waals surface area (Å²) in [5.74, 6) is 2.10. The third kappa shape index (κ3) is 5.55. The molecule has 0 saturated heterocycles. The first-order valence-corrected chi connectivity index (χ1v) is 12.5. The Morgan fingerprint density at radius 3 is 2.58 bits per heavy atom. The Labute approximate surface area is 221 Å². The number of esters is 1. The Balaban J connectivity index is 1.82. The molecule has 0 unspecified atom stereocenters. The number of hydrogen-bond donors (Lipinski definition) is 1. The van der Waals surface area contributed by atoms with Gasteiger partial charge < -0.3 is 14.5 Å². The summed E-state index contributed by atoms with van der Waals surface area (Å²) in [6.07, 6.45) is 9.30. The van der Waals surface area contributed by atoms with E-state index in [0.29, 0.717) is 40.1 Å². The average molecular weight is 515 g/mol. The SMILES string of the molecule is C#Cc1ccc(N[C@H](C)c2cc(C)cc3c(=O)c(C)c(C4=CC=C(F)CC4)oc23)c(C(=O)OC(C)(C)C)n1. The topological polar surface area (TPSA) is 81.4 Å². The van der Waals surface area contributed by atoms with Crippen LogP contribution < -0.4 is 10.7 Å². The van der Waals surface area contributed by atoms with Crippen LogP contribution in [0.2, 0.25) is 0 Å². The second-order valence-corrected chi connectivity index (χ2v) is 10.5. The number of terminal acetylenes is 1. The zero-order valence-corrected chi connectivity index (χ0v) is 22.5. The molecule has 0 fully saturated rings. The molecular weight excluding hydrogens is 483 g/mol. The van der Waals surface area contributed by atoms with Crippen LogP contribution in [0.15, 0.2) is 51.5 Å². The lowest BCUT2D eigenvalue weighted by atomic mass is 9.96.